The maximum absolute atomic E-state index is 11.6. The van der Waals surface area contributed by atoms with Crippen molar-refractivity contribution in [1.82, 2.24) is 14.9 Å². The summed E-state index contributed by atoms with van der Waals surface area (Å²) in [5.74, 6) is 0.0750. The smallest absolute Gasteiger partial charge is 0.215 e. The third kappa shape index (κ3) is 5.34. The Morgan fingerprint density at radius 1 is 1.19 bits per heavy atom. The summed E-state index contributed by atoms with van der Waals surface area (Å²) < 4.78 is 0. The molecule has 0 radical (unpaired) electrons. The van der Waals surface area contributed by atoms with E-state index in [-0.39, 0.29) is 18.6 Å². The molecule has 1 amide bonds. The molecule has 0 saturated carbocycles. The lowest BCUT2D eigenvalue weighted by atomic mass is 10.0. The molecule has 0 spiro atoms. The van der Waals surface area contributed by atoms with Crippen molar-refractivity contribution < 1.29 is 9.90 Å². The molecule has 0 bridgehead atoms. The number of aryl methyl sites for hydroxylation is 1. The summed E-state index contributed by atoms with van der Waals surface area (Å²) in [7, 11) is 0. The van der Waals surface area contributed by atoms with Gasteiger partial charge in [-0.1, -0.05) is 37.6 Å². The summed E-state index contributed by atoms with van der Waals surface area (Å²) in [5, 5.41) is 10.3. The molecule has 2 heterocycles. The molecular weight excluding hydrogens is 412 g/mol. The van der Waals surface area contributed by atoms with E-state index in [0.29, 0.717) is 22.8 Å². The highest BCUT2D eigenvalue weighted by Gasteiger charge is 2.19. The Morgan fingerprint density at radius 3 is 2.52 bits per heavy atom. The molecular formula is C24H25ClN4O2. The Balaban J connectivity index is 2.11. The van der Waals surface area contributed by atoms with Gasteiger partial charge < -0.3 is 5.11 Å². The van der Waals surface area contributed by atoms with E-state index < -0.39 is 0 Å². The van der Waals surface area contributed by atoms with E-state index in [1.54, 1.807) is 12.4 Å². The molecule has 0 aliphatic rings. The maximum Gasteiger partial charge on any atom is 0.215 e. The standard InChI is InChI=1S/C24H25ClN4O2/c1-16(2)22(13-30)29(15-31)14-27-23-17(3)11-21(18-6-8-20(25)9-7-18)28-24(23)19-5-4-10-26-12-19/h4-12,14-16,22,30H,13H2,1-3H3/b27-14-. The highest BCUT2D eigenvalue weighted by Crippen LogP contribution is 2.34. The van der Waals surface area contributed by atoms with E-state index in [4.69, 9.17) is 16.6 Å². The summed E-state index contributed by atoms with van der Waals surface area (Å²) >= 11 is 6.03. The van der Waals surface area contributed by atoms with Crippen molar-refractivity contribution in [3.8, 4) is 22.5 Å². The number of hydrogen-bond donors (Lipinski definition) is 1. The number of rotatable bonds is 8. The van der Waals surface area contributed by atoms with Gasteiger partial charge in [-0.15, -0.1) is 0 Å². The minimum Gasteiger partial charge on any atom is -0.394 e. The van der Waals surface area contributed by atoms with E-state index in [9.17, 15) is 9.90 Å². The van der Waals surface area contributed by atoms with Crippen LogP contribution in [0.3, 0.4) is 0 Å². The Hall–Kier alpha value is -3.09. The highest BCUT2D eigenvalue weighted by molar-refractivity contribution is 6.30. The second-order valence-corrected chi connectivity index (χ2v) is 8.00. The zero-order chi connectivity index (χ0) is 22.4. The number of aromatic nitrogens is 2. The fourth-order valence-electron chi connectivity index (χ4n) is 3.27. The van der Waals surface area contributed by atoms with Crippen LogP contribution in [0.4, 0.5) is 5.69 Å². The monoisotopic (exact) mass is 436 g/mol. The van der Waals surface area contributed by atoms with Gasteiger partial charge in [0.05, 0.1) is 36.1 Å². The molecule has 0 fully saturated rings. The predicted octanol–water partition coefficient (Wildman–Crippen LogP) is 4.91. The van der Waals surface area contributed by atoms with Gasteiger partial charge in [0, 0.05) is 28.5 Å². The Kier molecular flexibility index (Phi) is 7.50. The van der Waals surface area contributed by atoms with Gasteiger partial charge in [0.2, 0.25) is 6.41 Å². The minimum atomic E-state index is -0.357. The van der Waals surface area contributed by atoms with Crippen molar-refractivity contribution >= 4 is 30.0 Å². The lowest BCUT2D eigenvalue weighted by Crippen LogP contribution is -2.39. The lowest BCUT2D eigenvalue weighted by Gasteiger charge is -2.26. The van der Waals surface area contributed by atoms with Crippen molar-refractivity contribution in [3.63, 3.8) is 0 Å². The fourth-order valence-corrected chi connectivity index (χ4v) is 3.39. The molecule has 3 rings (SSSR count). The molecule has 160 valence electrons. The topological polar surface area (TPSA) is 78.7 Å². The molecule has 0 aliphatic carbocycles. The number of halogens is 1. The van der Waals surface area contributed by atoms with Gasteiger partial charge in [0.1, 0.15) is 0 Å². The van der Waals surface area contributed by atoms with Crippen LogP contribution in [0, 0.1) is 12.8 Å². The number of aliphatic hydroxyl groups is 1. The minimum absolute atomic E-state index is 0.0750. The van der Waals surface area contributed by atoms with E-state index >= 15 is 0 Å². The molecule has 1 atom stereocenters. The Bertz CT molecular complexity index is 1050. The molecule has 3 aromatic rings. The van der Waals surface area contributed by atoms with Gasteiger partial charge in [-0.05, 0) is 48.7 Å². The van der Waals surface area contributed by atoms with Crippen LogP contribution < -0.4 is 0 Å². The van der Waals surface area contributed by atoms with Gasteiger partial charge >= 0.3 is 0 Å². The van der Waals surface area contributed by atoms with Crippen LogP contribution in [0.1, 0.15) is 19.4 Å². The van der Waals surface area contributed by atoms with E-state index in [1.165, 1.54) is 11.2 Å². The summed E-state index contributed by atoms with van der Waals surface area (Å²) in [6.45, 7) is 5.69. The van der Waals surface area contributed by atoms with Crippen molar-refractivity contribution in [3.05, 3.63) is 65.4 Å². The normalized spacial score (nSPS) is 12.3. The van der Waals surface area contributed by atoms with Gasteiger partial charge in [-0.2, -0.15) is 0 Å². The first kappa shape index (κ1) is 22.6. The zero-order valence-corrected chi connectivity index (χ0v) is 18.5. The van der Waals surface area contributed by atoms with Gasteiger partial charge in [0.15, 0.2) is 0 Å². The Labute approximate surface area is 187 Å². The van der Waals surface area contributed by atoms with Crippen molar-refractivity contribution in [2.75, 3.05) is 6.61 Å². The Morgan fingerprint density at radius 2 is 1.94 bits per heavy atom. The first-order valence-electron chi connectivity index (χ1n) is 10.00. The number of pyridine rings is 2. The van der Waals surface area contributed by atoms with Gasteiger partial charge in [-0.3, -0.25) is 14.7 Å². The average Bonchev–Trinajstić information content (AvgIpc) is 2.77. The largest absolute Gasteiger partial charge is 0.394 e. The predicted molar refractivity (Wildman–Crippen MR) is 124 cm³/mol. The third-order valence-electron chi connectivity index (χ3n) is 5.04. The number of aliphatic imine (C=N–C) groups is 1. The van der Waals surface area contributed by atoms with Crippen LogP contribution in [-0.4, -0.2) is 45.4 Å². The molecule has 7 heteroatoms. The molecule has 1 aromatic carbocycles. The van der Waals surface area contributed by atoms with Gasteiger partial charge in [-0.25, -0.2) is 9.98 Å². The number of carbonyl (C=O) groups excluding carboxylic acids is 1. The molecule has 1 unspecified atom stereocenters. The second kappa shape index (κ2) is 10.3. The number of amides is 1. The van der Waals surface area contributed by atoms with Crippen molar-refractivity contribution in [1.29, 1.82) is 0 Å². The number of carbonyl (C=O) groups is 1. The van der Waals surface area contributed by atoms with Crippen molar-refractivity contribution in [2.24, 2.45) is 10.9 Å². The van der Waals surface area contributed by atoms with Crippen LogP contribution in [0.25, 0.3) is 22.5 Å². The van der Waals surface area contributed by atoms with Crippen LogP contribution >= 0.6 is 11.6 Å². The van der Waals surface area contributed by atoms with Crippen molar-refractivity contribution in [2.45, 2.75) is 26.8 Å². The average molecular weight is 437 g/mol. The van der Waals surface area contributed by atoms with Crippen LogP contribution in [0.2, 0.25) is 5.02 Å². The summed E-state index contributed by atoms with van der Waals surface area (Å²) in [4.78, 5) is 26.7. The number of nitrogens with zero attached hydrogens (tertiary/aromatic N) is 4. The van der Waals surface area contributed by atoms with E-state index in [1.807, 2.05) is 63.2 Å². The molecule has 0 saturated heterocycles. The summed E-state index contributed by atoms with van der Waals surface area (Å²) in [6.07, 6.45) is 5.57. The molecule has 2 aromatic heterocycles. The summed E-state index contributed by atoms with van der Waals surface area (Å²) in [6, 6.07) is 12.8. The maximum atomic E-state index is 11.6. The first-order chi connectivity index (χ1) is 14.9. The highest BCUT2D eigenvalue weighted by atomic mass is 35.5. The number of hydrogen-bond acceptors (Lipinski definition) is 5. The molecule has 6 nitrogen and oxygen atoms in total. The van der Waals surface area contributed by atoms with Crippen LogP contribution in [0.5, 0.6) is 0 Å². The number of aliphatic hydroxyl groups excluding tert-OH is 1. The lowest BCUT2D eigenvalue weighted by molar-refractivity contribution is -0.117. The quantitative estimate of drug-likeness (QED) is 0.309. The van der Waals surface area contributed by atoms with E-state index in [2.05, 4.69) is 9.98 Å². The molecule has 0 aliphatic heterocycles. The SMILES string of the molecule is Cc1cc(-c2ccc(Cl)cc2)nc(-c2cccnc2)c1/N=C\N(C=O)C(CO)C(C)C. The number of benzene rings is 1. The zero-order valence-electron chi connectivity index (χ0n) is 17.7. The van der Waals surface area contributed by atoms with Gasteiger partial charge in [0.25, 0.3) is 0 Å². The summed E-state index contributed by atoms with van der Waals surface area (Å²) in [5.41, 5.74) is 4.72. The fraction of sp³-hybridized carbons (Fsp3) is 0.250. The van der Waals surface area contributed by atoms with E-state index in [0.717, 1.165) is 22.4 Å². The third-order valence-corrected chi connectivity index (χ3v) is 5.29. The first-order valence-corrected chi connectivity index (χ1v) is 10.4. The second-order valence-electron chi connectivity index (χ2n) is 7.56. The molecule has 1 N–H and O–H groups in total. The van der Waals surface area contributed by atoms with Crippen LogP contribution in [-0.2, 0) is 4.79 Å². The van der Waals surface area contributed by atoms with Crippen LogP contribution in [0.15, 0.2) is 59.9 Å². The molecule has 31 heavy (non-hydrogen) atoms.